The van der Waals surface area contributed by atoms with Crippen LogP contribution in [-0.4, -0.2) is 67.5 Å². The summed E-state index contributed by atoms with van der Waals surface area (Å²) in [7, 11) is 2.04. The number of carbonyl (C=O) groups excluding carboxylic acids is 1. The van der Waals surface area contributed by atoms with Gasteiger partial charge in [0.1, 0.15) is 30.4 Å². The standard InChI is InChI=1S/C18H27N7O2/c1-13-15(20-11-21-16(13)25-12-19-10-22-25)23(5)14-6-8-24(9-7-14)17(26)27-18(2,3)4/h10-12,14H,6-9H2,1-5H3. The Kier molecular flexibility index (Phi) is 5.29. The largest absolute Gasteiger partial charge is 0.444 e. The molecule has 2 aromatic heterocycles. The van der Waals surface area contributed by atoms with E-state index in [1.54, 1.807) is 22.2 Å². The highest BCUT2D eigenvalue weighted by molar-refractivity contribution is 5.68. The van der Waals surface area contributed by atoms with Gasteiger partial charge in [-0.1, -0.05) is 0 Å². The number of rotatable bonds is 3. The van der Waals surface area contributed by atoms with Gasteiger partial charge in [0.05, 0.1) is 0 Å². The van der Waals surface area contributed by atoms with Crippen molar-refractivity contribution in [2.75, 3.05) is 25.0 Å². The smallest absolute Gasteiger partial charge is 0.410 e. The molecule has 0 aliphatic carbocycles. The molecule has 0 N–H and O–H groups in total. The van der Waals surface area contributed by atoms with Gasteiger partial charge in [0, 0.05) is 31.7 Å². The van der Waals surface area contributed by atoms with Crippen molar-refractivity contribution in [1.82, 2.24) is 29.6 Å². The Morgan fingerprint density at radius 2 is 1.93 bits per heavy atom. The Morgan fingerprint density at radius 1 is 1.22 bits per heavy atom. The van der Waals surface area contributed by atoms with Gasteiger partial charge < -0.3 is 14.5 Å². The van der Waals surface area contributed by atoms with Crippen molar-refractivity contribution in [1.29, 1.82) is 0 Å². The Labute approximate surface area is 159 Å². The number of aromatic nitrogens is 5. The van der Waals surface area contributed by atoms with Crippen LogP contribution in [0.15, 0.2) is 19.0 Å². The molecule has 1 fully saturated rings. The van der Waals surface area contributed by atoms with Gasteiger partial charge in [-0.3, -0.25) is 0 Å². The first-order valence-electron chi connectivity index (χ1n) is 9.13. The van der Waals surface area contributed by atoms with Crippen LogP contribution < -0.4 is 4.90 Å². The van der Waals surface area contributed by atoms with Crippen LogP contribution in [0.1, 0.15) is 39.2 Å². The molecule has 0 radical (unpaired) electrons. The monoisotopic (exact) mass is 373 g/mol. The average Bonchev–Trinajstić information content (AvgIpc) is 3.14. The second-order valence-electron chi connectivity index (χ2n) is 7.80. The van der Waals surface area contributed by atoms with Crippen LogP contribution in [0.2, 0.25) is 0 Å². The lowest BCUT2D eigenvalue weighted by molar-refractivity contribution is 0.0205. The van der Waals surface area contributed by atoms with Gasteiger partial charge in [0.2, 0.25) is 0 Å². The number of hydrogen-bond acceptors (Lipinski definition) is 7. The first kappa shape index (κ1) is 19.1. The topological polar surface area (TPSA) is 89.3 Å². The molecule has 0 spiro atoms. The molecule has 3 rings (SSSR count). The minimum atomic E-state index is -0.472. The van der Waals surface area contributed by atoms with Gasteiger partial charge >= 0.3 is 6.09 Å². The van der Waals surface area contributed by atoms with Crippen molar-refractivity contribution in [3.8, 4) is 5.82 Å². The molecular formula is C18H27N7O2. The fourth-order valence-electron chi connectivity index (χ4n) is 3.27. The van der Waals surface area contributed by atoms with Crippen molar-refractivity contribution in [2.45, 2.75) is 52.2 Å². The number of hydrogen-bond donors (Lipinski definition) is 0. The number of carbonyl (C=O) groups is 1. The molecule has 0 aromatic carbocycles. The lowest BCUT2D eigenvalue weighted by Crippen LogP contribution is -2.47. The van der Waals surface area contributed by atoms with Gasteiger partial charge in [-0.15, -0.1) is 0 Å². The fourth-order valence-corrected chi connectivity index (χ4v) is 3.27. The second-order valence-corrected chi connectivity index (χ2v) is 7.80. The maximum absolute atomic E-state index is 12.2. The third-order valence-electron chi connectivity index (χ3n) is 4.66. The zero-order valence-electron chi connectivity index (χ0n) is 16.6. The SMILES string of the molecule is Cc1c(N(C)C2CCN(C(=O)OC(C)(C)C)CC2)ncnc1-n1cncn1. The molecular weight excluding hydrogens is 346 g/mol. The average molecular weight is 373 g/mol. The Bertz CT molecular complexity index is 778. The predicted molar refractivity (Wildman–Crippen MR) is 101 cm³/mol. The zero-order chi connectivity index (χ0) is 19.6. The van der Waals surface area contributed by atoms with Crippen LogP contribution in [-0.2, 0) is 4.74 Å². The minimum Gasteiger partial charge on any atom is -0.444 e. The number of nitrogens with zero attached hydrogens (tertiary/aromatic N) is 7. The number of likely N-dealkylation sites (tertiary alicyclic amines) is 1. The summed E-state index contributed by atoms with van der Waals surface area (Å²) >= 11 is 0. The van der Waals surface area contributed by atoms with E-state index in [1.807, 2.05) is 34.7 Å². The van der Waals surface area contributed by atoms with Gasteiger partial charge in [-0.2, -0.15) is 5.10 Å². The number of ether oxygens (including phenoxy) is 1. The first-order chi connectivity index (χ1) is 12.8. The quantitative estimate of drug-likeness (QED) is 0.815. The maximum Gasteiger partial charge on any atom is 0.410 e. The van der Waals surface area contributed by atoms with Gasteiger partial charge in [-0.25, -0.2) is 24.4 Å². The Morgan fingerprint density at radius 3 is 2.52 bits per heavy atom. The first-order valence-corrected chi connectivity index (χ1v) is 9.13. The molecule has 27 heavy (non-hydrogen) atoms. The lowest BCUT2D eigenvalue weighted by Gasteiger charge is -2.38. The molecule has 1 amide bonds. The summed E-state index contributed by atoms with van der Waals surface area (Å²) in [6, 6.07) is 0.292. The van der Waals surface area contributed by atoms with Crippen LogP contribution in [0.4, 0.5) is 10.6 Å². The van der Waals surface area contributed by atoms with Gasteiger partial charge in [0.15, 0.2) is 5.82 Å². The molecule has 0 bridgehead atoms. The summed E-state index contributed by atoms with van der Waals surface area (Å²) in [5.74, 6) is 1.58. The van der Waals surface area contributed by atoms with Crippen LogP contribution >= 0.6 is 0 Å². The number of piperidine rings is 1. The Balaban J connectivity index is 1.67. The lowest BCUT2D eigenvalue weighted by atomic mass is 10.0. The minimum absolute atomic E-state index is 0.240. The highest BCUT2D eigenvalue weighted by atomic mass is 16.6. The van der Waals surface area contributed by atoms with Crippen LogP contribution in [0.3, 0.4) is 0 Å². The summed E-state index contributed by atoms with van der Waals surface area (Å²) in [4.78, 5) is 29.0. The maximum atomic E-state index is 12.2. The fraction of sp³-hybridized carbons (Fsp3) is 0.611. The molecule has 1 saturated heterocycles. The molecule has 146 valence electrons. The van der Waals surface area contributed by atoms with E-state index in [0.29, 0.717) is 19.1 Å². The van der Waals surface area contributed by atoms with Crippen molar-refractivity contribution < 1.29 is 9.53 Å². The molecule has 0 saturated carbocycles. The molecule has 3 heterocycles. The summed E-state index contributed by atoms with van der Waals surface area (Å²) in [6.45, 7) is 8.98. The van der Waals surface area contributed by atoms with Crippen molar-refractivity contribution in [3.63, 3.8) is 0 Å². The molecule has 9 heteroatoms. The van der Waals surface area contributed by atoms with Crippen molar-refractivity contribution in [2.24, 2.45) is 0 Å². The summed E-state index contributed by atoms with van der Waals surface area (Å²) in [5, 5.41) is 4.16. The summed E-state index contributed by atoms with van der Waals surface area (Å²) < 4.78 is 7.11. The normalized spacial score (nSPS) is 15.7. The van der Waals surface area contributed by atoms with Crippen LogP contribution in [0, 0.1) is 6.92 Å². The highest BCUT2D eigenvalue weighted by Crippen LogP contribution is 2.26. The Hall–Kier alpha value is -2.71. The predicted octanol–water partition coefficient (Wildman–Crippen LogP) is 2.20. The van der Waals surface area contributed by atoms with Crippen molar-refractivity contribution in [3.05, 3.63) is 24.5 Å². The van der Waals surface area contributed by atoms with Crippen molar-refractivity contribution >= 4 is 11.9 Å². The van der Waals surface area contributed by atoms with Crippen LogP contribution in [0.5, 0.6) is 0 Å². The molecule has 0 atom stereocenters. The highest BCUT2D eigenvalue weighted by Gasteiger charge is 2.29. The molecule has 9 nitrogen and oxygen atoms in total. The molecule has 1 aliphatic heterocycles. The van der Waals surface area contributed by atoms with Crippen LogP contribution in [0.25, 0.3) is 5.82 Å². The molecule has 0 unspecified atom stereocenters. The summed E-state index contributed by atoms with van der Waals surface area (Å²) in [5.41, 5.74) is 0.473. The third-order valence-corrected chi connectivity index (χ3v) is 4.66. The second kappa shape index (κ2) is 7.50. The van der Waals surface area contributed by atoms with E-state index in [1.165, 1.54) is 6.33 Å². The van der Waals surface area contributed by atoms with Gasteiger partial charge in [0.25, 0.3) is 0 Å². The van der Waals surface area contributed by atoms with Gasteiger partial charge in [-0.05, 0) is 40.5 Å². The van der Waals surface area contributed by atoms with E-state index in [0.717, 1.165) is 30.0 Å². The number of amides is 1. The van der Waals surface area contributed by atoms with E-state index in [4.69, 9.17) is 4.74 Å². The van der Waals surface area contributed by atoms with E-state index < -0.39 is 5.60 Å². The zero-order valence-corrected chi connectivity index (χ0v) is 16.6. The summed E-state index contributed by atoms with van der Waals surface area (Å²) in [6.07, 6.45) is 6.13. The van der Waals surface area contributed by atoms with E-state index in [9.17, 15) is 4.79 Å². The van der Waals surface area contributed by atoms with E-state index in [-0.39, 0.29) is 6.09 Å². The molecule has 2 aromatic rings. The van der Waals surface area contributed by atoms with E-state index in [2.05, 4.69) is 25.0 Å². The third kappa shape index (κ3) is 4.35. The number of anilines is 1. The molecule has 1 aliphatic rings. The van der Waals surface area contributed by atoms with E-state index >= 15 is 0 Å².